The molecule has 2 aliphatic rings. The molecule has 0 aromatic rings. The number of unbranched alkanes of at least 4 members (excludes halogenated alkanes) is 20. The van der Waals surface area contributed by atoms with E-state index in [0.29, 0.717) is 57.9 Å². The minimum atomic E-state index is -0.632. The van der Waals surface area contributed by atoms with Crippen molar-refractivity contribution in [2.24, 2.45) is 11.8 Å². The molecule has 2 fully saturated rings. The van der Waals surface area contributed by atoms with Crippen molar-refractivity contribution < 1.29 is 66.7 Å². The summed E-state index contributed by atoms with van der Waals surface area (Å²) in [4.78, 5) is 96.4. The molecule has 0 radical (unpaired) electrons. The number of nitrogens with zero attached hydrogens (tertiary/aromatic N) is 2. The molecular formula is C61H108N2O14. The van der Waals surface area contributed by atoms with Crippen LogP contribution in [0.1, 0.15) is 259 Å². The van der Waals surface area contributed by atoms with Crippen molar-refractivity contribution in [1.82, 2.24) is 9.80 Å². The van der Waals surface area contributed by atoms with Gasteiger partial charge in [0.25, 0.3) is 0 Å². The molecule has 2 heterocycles. The highest BCUT2D eigenvalue weighted by Crippen LogP contribution is 2.27. The van der Waals surface area contributed by atoms with Crippen molar-refractivity contribution in [2.75, 3.05) is 59.8 Å². The number of ether oxygens (including phenoxy) is 7. The predicted molar refractivity (Wildman–Crippen MR) is 299 cm³/mol. The van der Waals surface area contributed by atoms with Crippen LogP contribution in [0.15, 0.2) is 0 Å². The summed E-state index contributed by atoms with van der Waals surface area (Å²) in [5.41, 5.74) is 0. The van der Waals surface area contributed by atoms with Crippen LogP contribution in [0.4, 0.5) is 4.79 Å². The summed E-state index contributed by atoms with van der Waals surface area (Å²) < 4.78 is 40.5. The zero-order valence-electron chi connectivity index (χ0n) is 49.1. The molecular weight excluding hydrogens is 985 g/mol. The molecule has 0 aromatic carbocycles. The standard InChI is InChI=1S/C61H108N2O14/c1-6-10-14-18-22-26-36-55(64)71-44-50(45-72-56(65)37-27-23-19-15-11-7-2)41-59(68)75-48-52-33-32-34-53(63(52)61(70)77-54-35-30-31-40-62(5)43-54)49-76-60(69)42-51(46-73-57(66)38-28-24-20-16-12-8-3)47-74-58(67)39-29-25-21-17-13-9-4/h50-54H,6-49H2,1-5H3/t52-,53+,54?. The third-order valence-corrected chi connectivity index (χ3v) is 14.8. The number of amides is 1. The molecule has 0 aromatic heterocycles. The molecule has 1 unspecified atom stereocenters. The Morgan fingerprint density at radius 1 is 0.403 bits per heavy atom. The van der Waals surface area contributed by atoms with Gasteiger partial charge in [0, 0.05) is 44.1 Å². The topological polar surface area (TPSA) is 191 Å². The van der Waals surface area contributed by atoms with E-state index in [9.17, 15) is 33.6 Å². The molecule has 1 amide bonds. The Hall–Kier alpha value is -3.95. The van der Waals surface area contributed by atoms with E-state index in [2.05, 4.69) is 32.6 Å². The fraction of sp³-hybridized carbons (Fsp3) is 0.885. The second-order valence-corrected chi connectivity index (χ2v) is 22.2. The molecule has 2 rings (SSSR count). The van der Waals surface area contributed by atoms with E-state index < -0.39 is 42.0 Å². The van der Waals surface area contributed by atoms with E-state index in [0.717, 1.165) is 122 Å². The van der Waals surface area contributed by atoms with Crippen LogP contribution in [0.3, 0.4) is 0 Å². The first-order valence-electron chi connectivity index (χ1n) is 31.0. The van der Waals surface area contributed by atoms with Gasteiger partial charge in [0.15, 0.2) is 0 Å². The first kappa shape index (κ1) is 69.2. The SMILES string of the molecule is CCCCCCCCC(=O)OCC(COC(=O)CCCCCCCC)CC(=O)OC[C@H]1CCC[C@@H](COC(=O)CC(COC(=O)CCCCCCCC)COC(=O)CCCCCCCC)N1C(=O)OC1CCCCN(C)C1. The third kappa shape index (κ3) is 36.0. The highest BCUT2D eigenvalue weighted by atomic mass is 16.6. The fourth-order valence-corrected chi connectivity index (χ4v) is 10.0. The Morgan fingerprint density at radius 3 is 1.09 bits per heavy atom. The van der Waals surface area contributed by atoms with Gasteiger partial charge >= 0.3 is 41.9 Å². The summed E-state index contributed by atoms with van der Waals surface area (Å²) in [5.74, 6) is -3.89. The zero-order chi connectivity index (χ0) is 56.1. The Bertz CT molecular complexity index is 1440. The van der Waals surface area contributed by atoms with Gasteiger partial charge in [-0.15, -0.1) is 0 Å². The lowest BCUT2D eigenvalue weighted by molar-refractivity contribution is -0.157. The van der Waals surface area contributed by atoms with Crippen molar-refractivity contribution in [1.29, 1.82) is 0 Å². The molecule has 0 spiro atoms. The number of likely N-dealkylation sites (tertiary alicyclic amines) is 2. The lowest BCUT2D eigenvalue weighted by atomic mass is 9.96. The van der Waals surface area contributed by atoms with E-state index in [4.69, 9.17) is 33.2 Å². The van der Waals surface area contributed by atoms with Gasteiger partial charge in [-0.25, -0.2) is 4.79 Å². The van der Waals surface area contributed by atoms with Crippen molar-refractivity contribution in [3.63, 3.8) is 0 Å². The second-order valence-electron chi connectivity index (χ2n) is 22.2. The normalized spacial score (nSPS) is 16.9. The van der Waals surface area contributed by atoms with Crippen LogP contribution in [-0.4, -0.2) is 130 Å². The molecule has 0 saturated carbocycles. The van der Waals surface area contributed by atoms with Crippen molar-refractivity contribution in [2.45, 2.75) is 277 Å². The molecule has 16 nitrogen and oxygen atoms in total. The highest BCUT2D eigenvalue weighted by molar-refractivity contribution is 5.73. The van der Waals surface area contributed by atoms with E-state index in [1.807, 2.05) is 7.05 Å². The fourth-order valence-electron chi connectivity index (χ4n) is 10.0. The number of hydrogen-bond acceptors (Lipinski definition) is 15. The molecule has 0 aliphatic carbocycles. The summed E-state index contributed by atoms with van der Waals surface area (Å²) in [7, 11) is 2.00. The van der Waals surface area contributed by atoms with Crippen molar-refractivity contribution in [3.05, 3.63) is 0 Å². The summed E-state index contributed by atoms with van der Waals surface area (Å²) >= 11 is 0. The van der Waals surface area contributed by atoms with Gasteiger partial charge < -0.3 is 38.1 Å². The predicted octanol–water partition coefficient (Wildman–Crippen LogP) is 13.1. The lowest BCUT2D eigenvalue weighted by Gasteiger charge is -2.41. The smallest absolute Gasteiger partial charge is 0.410 e. The first-order valence-corrected chi connectivity index (χ1v) is 31.0. The van der Waals surface area contributed by atoms with Gasteiger partial charge in [0.1, 0.15) is 19.3 Å². The van der Waals surface area contributed by atoms with Crippen molar-refractivity contribution >= 4 is 41.9 Å². The van der Waals surface area contributed by atoms with Gasteiger partial charge in [-0.1, -0.05) is 156 Å². The average Bonchev–Trinajstić information content (AvgIpc) is 3.63. The third-order valence-electron chi connectivity index (χ3n) is 14.8. The van der Waals surface area contributed by atoms with Gasteiger partial charge in [-0.3, -0.25) is 33.7 Å². The van der Waals surface area contributed by atoms with Crippen LogP contribution in [0.2, 0.25) is 0 Å². The van der Waals surface area contributed by atoms with Crippen LogP contribution in [0.5, 0.6) is 0 Å². The number of likely N-dealkylation sites (N-methyl/N-ethyl adjacent to an activating group) is 1. The highest BCUT2D eigenvalue weighted by Gasteiger charge is 2.38. The summed E-state index contributed by atoms with van der Waals surface area (Å²) in [6, 6.07) is -1.19. The van der Waals surface area contributed by atoms with Crippen molar-refractivity contribution in [3.8, 4) is 0 Å². The Kier molecular flexibility index (Phi) is 41.2. The zero-order valence-corrected chi connectivity index (χ0v) is 49.1. The monoisotopic (exact) mass is 1090 g/mol. The number of carbonyl (C=O) groups is 7. The average molecular weight is 1090 g/mol. The summed E-state index contributed by atoms with van der Waals surface area (Å²) in [6.07, 6.45) is 28.6. The van der Waals surface area contributed by atoms with Gasteiger partial charge in [0.05, 0.1) is 51.4 Å². The van der Waals surface area contributed by atoms with Crippen LogP contribution in [-0.2, 0) is 61.9 Å². The molecule has 446 valence electrons. The molecule has 16 heteroatoms. The van der Waals surface area contributed by atoms with Gasteiger partial charge in [-0.2, -0.15) is 0 Å². The largest absolute Gasteiger partial charge is 0.465 e. The first-order chi connectivity index (χ1) is 37.4. The molecule has 3 atom stereocenters. The van der Waals surface area contributed by atoms with Crippen LogP contribution in [0.25, 0.3) is 0 Å². The summed E-state index contributed by atoms with van der Waals surface area (Å²) in [5, 5.41) is 0. The maximum atomic E-state index is 14.3. The molecule has 0 N–H and O–H groups in total. The molecule has 2 saturated heterocycles. The molecule has 0 bridgehead atoms. The Morgan fingerprint density at radius 2 is 0.740 bits per heavy atom. The van der Waals surface area contributed by atoms with E-state index in [1.165, 1.54) is 25.7 Å². The minimum absolute atomic E-state index is 0.108. The maximum absolute atomic E-state index is 14.3. The second kappa shape index (κ2) is 45.9. The quantitative estimate of drug-likeness (QED) is 0.0318. The van der Waals surface area contributed by atoms with Crippen LogP contribution >= 0.6 is 0 Å². The maximum Gasteiger partial charge on any atom is 0.410 e. The van der Waals surface area contributed by atoms with Gasteiger partial charge in [-0.05, 0) is 77.8 Å². The number of esters is 6. The van der Waals surface area contributed by atoms with Gasteiger partial charge in [0.2, 0.25) is 0 Å². The Balaban J connectivity index is 2.17. The number of piperidine rings is 1. The van der Waals surface area contributed by atoms with E-state index in [1.54, 1.807) is 4.90 Å². The number of hydrogen-bond donors (Lipinski definition) is 0. The Labute approximate surface area is 465 Å². The minimum Gasteiger partial charge on any atom is -0.465 e. The number of carbonyl (C=O) groups excluding carboxylic acids is 7. The van der Waals surface area contributed by atoms with E-state index in [-0.39, 0.29) is 108 Å². The summed E-state index contributed by atoms with van der Waals surface area (Å²) in [6.45, 7) is 9.37. The molecule has 2 aliphatic heterocycles. The molecule has 77 heavy (non-hydrogen) atoms. The number of rotatable bonds is 45. The lowest BCUT2D eigenvalue weighted by Crippen LogP contribution is -2.55. The van der Waals surface area contributed by atoms with E-state index >= 15 is 0 Å². The van der Waals surface area contributed by atoms with Crippen LogP contribution < -0.4 is 0 Å². The van der Waals surface area contributed by atoms with Crippen LogP contribution in [0, 0.1) is 11.8 Å².